The van der Waals surface area contributed by atoms with Crippen LogP contribution >= 0.6 is 11.3 Å². The van der Waals surface area contributed by atoms with E-state index in [1.54, 1.807) is 11.3 Å². The Bertz CT molecular complexity index is 1010. The van der Waals surface area contributed by atoms with Gasteiger partial charge in [0.05, 0.1) is 0 Å². The summed E-state index contributed by atoms with van der Waals surface area (Å²) >= 11 is 1.55. The second kappa shape index (κ2) is 8.09. The SMILES string of the molecule is Cc1cc(CC(NC(=O)OCC2c3ccccc3-c3ccccc32)C(=O)O)cs1. The third-order valence-electron chi connectivity index (χ3n) is 5.16. The van der Waals surface area contributed by atoms with Gasteiger partial charge >= 0.3 is 12.1 Å². The van der Waals surface area contributed by atoms with Gasteiger partial charge in [0.1, 0.15) is 12.6 Å². The summed E-state index contributed by atoms with van der Waals surface area (Å²) in [4.78, 5) is 25.0. The highest BCUT2D eigenvalue weighted by atomic mass is 32.1. The van der Waals surface area contributed by atoms with Crippen molar-refractivity contribution in [2.45, 2.75) is 25.3 Å². The number of carboxylic acid groups (broad SMARTS) is 1. The van der Waals surface area contributed by atoms with Gasteiger partial charge in [-0.1, -0.05) is 48.5 Å². The predicted molar refractivity (Wildman–Crippen MR) is 112 cm³/mol. The van der Waals surface area contributed by atoms with Crippen molar-refractivity contribution in [2.24, 2.45) is 0 Å². The fraction of sp³-hybridized carbons (Fsp3) is 0.217. The van der Waals surface area contributed by atoms with Crippen LogP contribution in [0.15, 0.2) is 60.0 Å². The first kappa shape index (κ1) is 19.2. The number of carbonyl (C=O) groups excluding carboxylic acids is 1. The zero-order valence-electron chi connectivity index (χ0n) is 15.9. The molecule has 0 saturated heterocycles. The standard InChI is InChI=1S/C23H21NO4S/c1-14-10-15(13-29-14)11-21(22(25)26)24-23(27)28-12-20-18-8-4-2-6-16(18)17-7-3-5-9-19(17)20/h2-10,13,20-21H,11-12H2,1H3,(H,24,27)(H,25,26). The van der Waals surface area contributed by atoms with E-state index >= 15 is 0 Å². The number of rotatable bonds is 6. The number of carboxylic acids is 1. The van der Waals surface area contributed by atoms with Crippen molar-refractivity contribution in [2.75, 3.05) is 6.61 Å². The molecule has 1 aliphatic carbocycles. The molecule has 4 rings (SSSR count). The molecule has 2 aromatic carbocycles. The maximum Gasteiger partial charge on any atom is 0.407 e. The van der Waals surface area contributed by atoms with Crippen LogP contribution in [0.4, 0.5) is 4.79 Å². The Balaban J connectivity index is 1.43. The molecule has 0 radical (unpaired) electrons. The quantitative estimate of drug-likeness (QED) is 0.627. The van der Waals surface area contributed by atoms with Gasteiger partial charge in [-0.25, -0.2) is 9.59 Å². The first-order chi connectivity index (χ1) is 14.0. The van der Waals surface area contributed by atoms with Gasteiger partial charge in [0.2, 0.25) is 0 Å². The van der Waals surface area contributed by atoms with Crippen LogP contribution in [0.3, 0.4) is 0 Å². The first-order valence-electron chi connectivity index (χ1n) is 9.41. The molecule has 0 fully saturated rings. The van der Waals surface area contributed by atoms with Gasteiger partial charge in [-0.05, 0) is 46.2 Å². The number of fused-ring (bicyclic) bond motifs is 3. The van der Waals surface area contributed by atoms with Crippen LogP contribution in [-0.2, 0) is 16.0 Å². The highest BCUT2D eigenvalue weighted by Gasteiger charge is 2.29. The number of alkyl carbamates (subject to hydrolysis) is 1. The molecule has 3 aromatic rings. The summed E-state index contributed by atoms with van der Waals surface area (Å²) in [6, 6.07) is 17.1. The molecule has 0 aliphatic heterocycles. The fourth-order valence-electron chi connectivity index (χ4n) is 3.82. The van der Waals surface area contributed by atoms with Gasteiger partial charge in [-0.15, -0.1) is 11.3 Å². The van der Waals surface area contributed by atoms with Gasteiger partial charge in [-0.3, -0.25) is 0 Å². The van der Waals surface area contributed by atoms with E-state index in [1.165, 1.54) is 0 Å². The average Bonchev–Trinajstić information content (AvgIpc) is 3.27. The Morgan fingerprint density at radius 3 is 2.28 bits per heavy atom. The molecule has 5 nitrogen and oxygen atoms in total. The van der Waals surface area contributed by atoms with Crippen molar-refractivity contribution < 1.29 is 19.4 Å². The molecule has 1 unspecified atom stereocenters. The van der Waals surface area contributed by atoms with E-state index in [1.807, 2.05) is 54.8 Å². The van der Waals surface area contributed by atoms with Crippen molar-refractivity contribution in [3.63, 3.8) is 0 Å². The molecule has 1 aromatic heterocycles. The van der Waals surface area contributed by atoms with Gasteiger partial charge in [-0.2, -0.15) is 0 Å². The summed E-state index contributed by atoms with van der Waals surface area (Å²) in [5.74, 6) is -1.14. The Morgan fingerprint density at radius 2 is 1.72 bits per heavy atom. The molecule has 1 heterocycles. The molecule has 148 valence electrons. The number of hydrogen-bond acceptors (Lipinski definition) is 4. The topological polar surface area (TPSA) is 75.6 Å². The highest BCUT2D eigenvalue weighted by Crippen LogP contribution is 2.44. The number of nitrogens with one attached hydrogen (secondary N) is 1. The second-order valence-electron chi connectivity index (χ2n) is 7.13. The van der Waals surface area contributed by atoms with E-state index in [0.29, 0.717) is 0 Å². The van der Waals surface area contributed by atoms with Crippen molar-refractivity contribution in [3.05, 3.63) is 81.5 Å². The molecule has 0 spiro atoms. The van der Waals surface area contributed by atoms with E-state index in [2.05, 4.69) is 17.4 Å². The molecule has 2 N–H and O–H groups in total. The minimum absolute atomic E-state index is 0.0593. The number of carbonyl (C=O) groups is 2. The van der Waals surface area contributed by atoms with Crippen LogP contribution in [0.25, 0.3) is 11.1 Å². The highest BCUT2D eigenvalue weighted by molar-refractivity contribution is 7.10. The van der Waals surface area contributed by atoms with E-state index in [9.17, 15) is 14.7 Å². The number of thiophene rings is 1. The van der Waals surface area contributed by atoms with E-state index in [-0.39, 0.29) is 18.9 Å². The van der Waals surface area contributed by atoms with Crippen molar-refractivity contribution >= 4 is 23.4 Å². The number of hydrogen-bond donors (Lipinski definition) is 2. The smallest absolute Gasteiger partial charge is 0.407 e. The average molecular weight is 407 g/mol. The van der Waals surface area contributed by atoms with Crippen LogP contribution in [0, 0.1) is 6.92 Å². The van der Waals surface area contributed by atoms with Crippen LogP contribution in [-0.4, -0.2) is 29.8 Å². The summed E-state index contributed by atoms with van der Waals surface area (Å²) in [6.45, 7) is 2.12. The molecule has 1 amide bonds. The Kier molecular flexibility index (Phi) is 5.36. The summed E-state index contributed by atoms with van der Waals surface area (Å²) in [5, 5.41) is 13.9. The number of benzene rings is 2. The van der Waals surface area contributed by atoms with Crippen molar-refractivity contribution in [3.8, 4) is 11.1 Å². The molecule has 1 aliphatic rings. The molecule has 0 saturated carbocycles. The molecule has 29 heavy (non-hydrogen) atoms. The minimum atomic E-state index is -1.08. The fourth-order valence-corrected chi connectivity index (χ4v) is 4.54. The van der Waals surface area contributed by atoms with E-state index in [4.69, 9.17) is 4.74 Å². The number of aryl methyl sites for hydroxylation is 1. The van der Waals surface area contributed by atoms with E-state index in [0.717, 1.165) is 32.7 Å². The monoisotopic (exact) mass is 407 g/mol. The summed E-state index contributed by atoms with van der Waals surface area (Å²) in [5.41, 5.74) is 5.41. The molecule has 1 atom stereocenters. The van der Waals surface area contributed by atoms with Gasteiger partial charge in [0, 0.05) is 17.2 Å². The lowest BCUT2D eigenvalue weighted by Gasteiger charge is -2.17. The lowest BCUT2D eigenvalue weighted by molar-refractivity contribution is -0.139. The van der Waals surface area contributed by atoms with Crippen molar-refractivity contribution in [1.82, 2.24) is 5.32 Å². The molecule has 6 heteroatoms. The third kappa shape index (κ3) is 4.03. The second-order valence-corrected chi connectivity index (χ2v) is 8.25. The van der Waals surface area contributed by atoms with Crippen molar-refractivity contribution in [1.29, 1.82) is 0 Å². The predicted octanol–water partition coefficient (Wildman–Crippen LogP) is 4.59. The zero-order chi connectivity index (χ0) is 20.4. The molecule has 0 bridgehead atoms. The summed E-state index contributed by atoms with van der Waals surface area (Å²) < 4.78 is 5.45. The third-order valence-corrected chi connectivity index (χ3v) is 6.07. The Labute approximate surface area is 173 Å². The largest absolute Gasteiger partial charge is 0.480 e. The lowest BCUT2D eigenvalue weighted by Crippen LogP contribution is -2.42. The minimum Gasteiger partial charge on any atom is -0.480 e. The van der Waals surface area contributed by atoms with Crippen LogP contribution < -0.4 is 5.32 Å². The molecular weight excluding hydrogens is 386 g/mol. The summed E-state index contributed by atoms with van der Waals surface area (Å²) in [7, 11) is 0. The van der Waals surface area contributed by atoms with Gasteiger partial charge in [0.15, 0.2) is 0 Å². The van der Waals surface area contributed by atoms with Gasteiger partial charge in [0.25, 0.3) is 0 Å². The van der Waals surface area contributed by atoms with Crippen LogP contribution in [0.5, 0.6) is 0 Å². The Hall–Kier alpha value is -3.12. The number of amides is 1. The van der Waals surface area contributed by atoms with Gasteiger partial charge < -0.3 is 15.2 Å². The molecular formula is C23H21NO4S. The first-order valence-corrected chi connectivity index (χ1v) is 10.3. The van der Waals surface area contributed by atoms with E-state index < -0.39 is 18.1 Å². The summed E-state index contributed by atoms with van der Waals surface area (Å²) in [6.07, 6.45) is -0.490. The zero-order valence-corrected chi connectivity index (χ0v) is 16.7. The number of ether oxygens (including phenoxy) is 1. The maximum absolute atomic E-state index is 12.3. The number of aliphatic carboxylic acids is 1. The lowest BCUT2D eigenvalue weighted by atomic mass is 9.98. The normalized spacial score (nSPS) is 13.4. The van der Waals surface area contributed by atoms with Crippen LogP contribution in [0.1, 0.15) is 27.5 Å². The Morgan fingerprint density at radius 1 is 1.10 bits per heavy atom. The van der Waals surface area contributed by atoms with Crippen LogP contribution in [0.2, 0.25) is 0 Å². The maximum atomic E-state index is 12.3.